The summed E-state index contributed by atoms with van der Waals surface area (Å²) in [7, 11) is 0. The average Bonchev–Trinajstić information content (AvgIpc) is 2.88. The summed E-state index contributed by atoms with van der Waals surface area (Å²) < 4.78 is 5.65. The van der Waals surface area contributed by atoms with Crippen molar-refractivity contribution in [3.8, 4) is 0 Å². The Morgan fingerprint density at radius 1 is 1.05 bits per heavy atom. The van der Waals surface area contributed by atoms with Crippen LogP contribution in [0.5, 0.6) is 0 Å². The summed E-state index contributed by atoms with van der Waals surface area (Å²) in [5, 5.41) is 0.666. The highest BCUT2D eigenvalue weighted by atomic mass is 32.2. The highest BCUT2D eigenvalue weighted by molar-refractivity contribution is 8.01. The van der Waals surface area contributed by atoms with Gasteiger partial charge in [-0.05, 0) is 17.7 Å². The summed E-state index contributed by atoms with van der Waals surface area (Å²) in [6.07, 6.45) is 0. The van der Waals surface area contributed by atoms with Gasteiger partial charge in [0.15, 0.2) is 5.58 Å². The molecule has 2 nitrogen and oxygen atoms in total. The van der Waals surface area contributed by atoms with Crippen molar-refractivity contribution in [1.82, 2.24) is 4.98 Å². The van der Waals surface area contributed by atoms with E-state index < -0.39 is 0 Å². The normalized spacial score (nSPS) is 10.7. The second kappa shape index (κ2) is 5.55. The molecule has 3 aromatic rings. The fourth-order valence-electron chi connectivity index (χ4n) is 1.75. The van der Waals surface area contributed by atoms with Crippen LogP contribution < -0.4 is 0 Å². The monoisotopic (exact) mass is 285 g/mol. The minimum absolute atomic E-state index is 0.666. The molecule has 0 aliphatic rings. The van der Waals surface area contributed by atoms with E-state index in [0.29, 0.717) is 11.0 Å². The highest BCUT2D eigenvalue weighted by Gasteiger charge is 2.07. The van der Waals surface area contributed by atoms with E-state index in [1.54, 1.807) is 0 Å². The zero-order valence-corrected chi connectivity index (χ0v) is 11.7. The van der Waals surface area contributed by atoms with Gasteiger partial charge in [-0.3, -0.25) is 0 Å². The van der Waals surface area contributed by atoms with E-state index in [1.165, 1.54) is 11.8 Å². The van der Waals surface area contributed by atoms with Crippen LogP contribution in [0, 0.1) is 0 Å². The molecule has 4 heteroatoms. The number of aromatic nitrogens is 1. The Bertz CT molecular complexity index is 673. The Balaban J connectivity index is 1.71. The smallest absolute Gasteiger partial charge is 0.257 e. The minimum atomic E-state index is 0.666. The predicted molar refractivity (Wildman–Crippen MR) is 82.9 cm³/mol. The van der Waals surface area contributed by atoms with Gasteiger partial charge < -0.3 is 4.42 Å². The molecular weight excluding hydrogens is 274 g/mol. The molecule has 0 spiro atoms. The zero-order chi connectivity index (χ0) is 13.1. The second-order valence-corrected chi connectivity index (χ2v) is 5.44. The third-order valence-electron chi connectivity index (χ3n) is 2.70. The number of fused-ring (bicyclic) bond motifs is 1. The molecule has 0 N–H and O–H groups in total. The third kappa shape index (κ3) is 2.85. The summed E-state index contributed by atoms with van der Waals surface area (Å²) in [6, 6.07) is 17.8. The Kier molecular flexibility index (Phi) is 3.62. The van der Waals surface area contributed by atoms with Crippen molar-refractivity contribution in [3.63, 3.8) is 0 Å². The quantitative estimate of drug-likeness (QED) is 0.405. The zero-order valence-electron chi connectivity index (χ0n) is 10.1. The Labute approximate surface area is 120 Å². The van der Waals surface area contributed by atoms with Gasteiger partial charge >= 0.3 is 0 Å². The van der Waals surface area contributed by atoms with Crippen LogP contribution in [-0.4, -0.2) is 15.6 Å². The summed E-state index contributed by atoms with van der Waals surface area (Å²) in [5.41, 5.74) is 2.78. The van der Waals surface area contributed by atoms with E-state index in [2.05, 4.69) is 4.98 Å². The fourth-order valence-corrected chi connectivity index (χ4v) is 2.79. The van der Waals surface area contributed by atoms with E-state index in [4.69, 9.17) is 16.6 Å². The van der Waals surface area contributed by atoms with E-state index in [1.807, 2.05) is 54.6 Å². The van der Waals surface area contributed by atoms with Crippen LogP contribution in [0.25, 0.3) is 11.1 Å². The van der Waals surface area contributed by atoms with Gasteiger partial charge in [0.05, 0.1) is 0 Å². The molecule has 0 fully saturated rings. The van der Waals surface area contributed by atoms with Gasteiger partial charge in [-0.2, -0.15) is 0 Å². The van der Waals surface area contributed by atoms with Crippen molar-refractivity contribution < 1.29 is 4.42 Å². The average molecular weight is 285 g/mol. The first-order valence-corrected chi connectivity index (χ1v) is 7.29. The van der Waals surface area contributed by atoms with Crippen LogP contribution in [0.3, 0.4) is 0 Å². The highest BCUT2D eigenvalue weighted by Crippen LogP contribution is 2.24. The van der Waals surface area contributed by atoms with Gasteiger partial charge in [0.25, 0.3) is 5.22 Å². The van der Waals surface area contributed by atoms with Gasteiger partial charge in [0.1, 0.15) is 5.52 Å². The molecule has 1 aromatic heterocycles. The number of benzene rings is 2. The minimum Gasteiger partial charge on any atom is -0.431 e. The molecule has 0 aliphatic heterocycles. The van der Waals surface area contributed by atoms with Gasteiger partial charge in [-0.1, -0.05) is 66.4 Å². The maximum Gasteiger partial charge on any atom is 0.257 e. The van der Waals surface area contributed by atoms with Gasteiger partial charge in [0, 0.05) is 10.6 Å². The number of hydrogen-bond acceptors (Lipinski definition) is 4. The number of thioether (sulfide) groups is 1. The molecule has 2 aromatic carbocycles. The number of thiocarbonyl (C=S) groups is 1. The van der Waals surface area contributed by atoms with Crippen LogP contribution in [0.1, 0.15) is 5.56 Å². The molecule has 19 heavy (non-hydrogen) atoms. The molecule has 0 saturated carbocycles. The van der Waals surface area contributed by atoms with E-state index in [-0.39, 0.29) is 0 Å². The van der Waals surface area contributed by atoms with Crippen molar-refractivity contribution in [3.05, 3.63) is 60.2 Å². The lowest BCUT2D eigenvalue weighted by Crippen LogP contribution is -1.99. The van der Waals surface area contributed by atoms with Crippen LogP contribution in [0.15, 0.2) is 64.2 Å². The van der Waals surface area contributed by atoms with Crippen LogP contribution in [-0.2, 0) is 0 Å². The van der Waals surface area contributed by atoms with E-state index in [0.717, 1.165) is 21.5 Å². The molecule has 0 atom stereocenters. The fraction of sp³-hybridized carbons (Fsp3) is 0.0667. The lowest BCUT2D eigenvalue weighted by Gasteiger charge is -2.00. The largest absolute Gasteiger partial charge is 0.431 e. The van der Waals surface area contributed by atoms with Crippen molar-refractivity contribution in [2.45, 2.75) is 5.22 Å². The molecule has 0 saturated heterocycles. The van der Waals surface area contributed by atoms with Crippen LogP contribution in [0.4, 0.5) is 0 Å². The molecule has 0 unspecified atom stereocenters. The van der Waals surface area contributed by atoms with Crippen LogP contribution >= 0.6 is 24.0 Å². The summed E-state index contributed by atoms with van der Waals surface area (Å²) in [6.45, 7) is 0. The topological polar surface area (TPSA) is 26.0 Å². The van der Waals surface area contributed by atoms with Gasteiger partial charge in [-0.25, -0.2) is 4.98 Å². The maximum absolute atomic E-state index is 5.65. The Morgan fingerprint density at radius 2 is 1.79 bits per heavy atom. The first-order chi connectivity index (χ1) is 9.33. The van der Waals surface area contributed by atoms with Crippen molar-refractivity contribution in [2.75, 3.05) is 5.75 Å². The van der Waals surface area contributed by atoms with Crippen molar-refractivity contribution >= 4 is 39.9 Å². The Morgan fingerprint density at radius 3 is 2.58 bits per heavy atom. The third-order valence-corrected chi connectivity index (χ3v) is 4.11. The lowest BCUT2D eigenvalue weighted by atomic mass is 10.2. The molecule has 0 amide bonds. The SMILES string of the molecule is S=C(CSc1nc2ccccc2o1)c1ccccc1. The predicted octanol–water partition coefficient (Wildman–Crippen LogP) is 4.34. The molecular formula is C15H11NOS2. The number of hydrogen-bond donors (Lipinski definition) is 0. The van der Waals surface area contributed by atoms with Gasteiger partial charge in [0.2, 0.25) is 0 Å². The molecule has 0 radical (unpaired) electrons. The molecule has 3 rings (SSSR count). The summed E-state index contributed by atoms with van der Waals surface area (Å²) in [4.78, 5) is 5.33. The standard InChI is InChI=1S/C15H11NOS2/c18-14(11-6-2-1-3-7-11)10-19-15-16-12-8-4-5-9-13(12)17-15/h1-9H,10H2. The lowest BCUT2D eigenvalue weighted by molar-refractivity contribution is 0.490. The van der Waals surface area contributed by atoms with E-state index in [9.17, 15) is 0 Å². The summed E-state index contributed by atoms with van der Waals surface area (Å²) >= 11 is 6.94. The van der Waals surface area contributed by atoms with Gasteiger partial charge in [-0.15, -0.1) is 0 Å². The number of oxazole rings is 1. The van der Waals surface area contributed by atoms with Crippen molar-refractivity contribution in [2.24, 2.45) is 0 Å². The molecule has 94 valence electrons. The first kappa shape index (κ1) is 12.4. The first-order valence-electron chi connectivity index (χ1n) is 5.89. The number of rotatable bonds is 4. The molecule has 0 aliphatic carbocycles. The molecule has 1 heterocycles. The maximum atomic E-state index is 5.65. The number of para-hydroxylation sites is 2. The molecule has 0 bridgehead atoms. The van der Waals surface area contributed by atoms with Crippen LogP contribution in [0.2, 0.25) is 0 Å². The second-order valence-electron chi connectivity index (χ2n) is 4.03. The number of nitrogens with zero attached hydrogens (tertiary/aromatic N) is 1. The van der Waals surface area contributed by atoms with Crippen molar-refractivity contribution in [1.29, 1.82) is 0 Å². The summed E-state index contributed by atoms with van der Waals surface area (Å²) in [5.74, 6) is 0.701. The van der Waals surface area contributed by atoms with E-state index >= 15 is 0 Å². The Hall–Kier alpha value is -1.65.